The fourth-order valence-electron chi connectivity index (χ4n) is 2.90. The third-order valence-corrected chi connectivity index (χ3v) is 3.85. The van der Waals surface area contributed by atoms with Gasteiger partial charge in [-0.3, -0.25) is 4.90 Å². The van der Waals surface area contributed by atoms with Crippen molar-refractivity contribution >= 4 is 5.97 Å². The van der Waals surface area contributed by atoms with Crippen LogP contribution >= 0.6 is 0 Å². The van der Waals surface area contributed by atoms with E-state index in [-0.39, 0.29) is 5.97 Å². The highest BCUT2D eigenvalue weighted by molar-refractivity contribution is 5.78. The summed E-state index contributed by atoms with van der Waals surface area (Å²) in [4.78, 5) is 14.5. The van der Waals surface area contributed by atoms with Gasteiger partial charge in [0.15, 0.2) is 0 Å². The molecule has 21 heavy (non-hydrogen) atoms. The van der Waals surface area contributed by atoms with Gasteiger partial charge in [-0.15, -0.1) is 0 Å². The van der Waals surface area contributed by atoms with Crippen LogP contribution in [0.4, 0.5) is 0 Å². The summed E-state index contributed by atoms with van der Waals surface area (Å²) in [6.45, 7) is 5.34. The molecule has 0 radical (unpaired) electrons. The molecule has 0 aliphatic carbocycles. The average molecular weight is 296 g/mol. The monoisotopic (exact) mass is 296 g/mol. The lowest BCUT2D eigenvalue weighted by Gasteiger charge is -2.28. The highest BCUT2D eigenvalue weighted by Crippen LogP contribution is 2.33. The molecule has 1 aliphatic heterocycles. The lowest BCUT2D eigenvalue weighted by atomic mass is 10.1. The van der Waals surface area contributed by atoms with Crippen molar-refractivity contribution in [3.63, 3.8) is 0 Å². The molecule has 1 fully saturated rings. The zero-order chi connectivity index (χ0) is 15.4. The average Bonchev–Trinajstić information content (AvgIpc) is 2.66. The van der Waals surface area contributed by atoms with E-state index in [0.29, 0.717) is 5.88 Å². The lowest BCUT2D eigenvalue weighted by molar-refractivity contribution is -0.147. The molecular formula is C14H24N4O3. The minimum absolute atomic E-state index is 0.272. The third kappa shape index (κ3) is 3.19. The summed E-state index contributed by atoms with van der Waals surface area (Å²) in [7, 11) is 4.83. The van der Waals surface area contributed by atoms with Crippen LogP contribution in [-0.4, -0.2) is 61.0 Å². The molecule has 1 N–H and O–H groups in total. The second-order valence-corrected chi connectivity index (χ2v) is 5.20. The van der Waals surface area contributed by atoms with Gasteiger partial charge < -0.3 is 14.8 Å². The molecule has 0 bridgehead atoms. The molecule has 1 aromatic heterocycles. The molecule has 1 saturated heterocycles. The number of hydrogen-bond donors (Lipinski definition) is 1. The van der Waals surface area contributed by atoms with E-state index >= 15 is 0 Å². The van der Waals surface area contributed by atoms with E-state index < -0.39 is 6.04 Å². The van der Waals surface area contributed by atoms with Crippen molar-refractivity contribution in [1.29, 1.82) is 0 Å². The van der Waals surface area contributed by atoms with Crippen LogP contribution in [0.25, 0.3) is 0 Å². The maximum atomic E-state index is 12.4. The number of aromatic nitrogens is 2. The molecule has 118 valence electrons. The molecule has 1 aliphatic rings. The van der Waals surface area contributed by atoms with E-state index in [9.17, 15) is 4.79 Å². The lowest BCUT2D eigenvalue weighted by Crippen LogP contribution is -2.37. The molecular weight excluding hydrogens is 272 g/mol. The largest absolute Gasteiger partial charge is 0.481 e. The van der Waals surface area contributed by atoms with Gasteiger partial charge in [-0.1, -0.05) is 0 Å². The predicted molar refractivity (Wildman–Crippen MR) is 78.3 cm³/mol. The molecule has 0 aromatic carbocycles. The topological polar surface area (TPSA) is 68.6 Å². The van der Waals surface area contributed by atoms with E-state index in [2.05, 4.69) is 15.3 Å². The summed E-state index contributed by atoms with van der Waals surface area (Å²) in [5.74, 6) is 0.339. The van der Waals surface area contributed by atoms with E-state index in [1.165, 1.54) is 7.11 Å². The molecule has 7 nitrogen and oxygen atoms in total. The molecule has 2 heterocycles. The number of hydrogen-bond acceptors (Lipinski definition) is 6. The second kappa shape index (κ2) is 6.91. The Morgan fingerprint density at radius 2 is 2.10 bits per heavy atom. The highest BCUT2D eigenvalue weighted by Gasteiger charge is 2.35. The van der Waals surface area contributed by atoms with Crippen LogP contribution in [0.5, 0.6) is 5.88 Å². The zero-order valence-electron chi connectivity index (χ0n) is 13.2. The molecule has 2 rings (SSSR count). The Labute approximate surface area is 125 Å². The Morgan fingerprint density at radius 1 is 1.33 bits per heavy atom. The first-order valence-electron chi connectivity index (χ1n) is 7.20. The minimum atomic E-state index is -0.474. The summed E-state index contributed by atoms with van der Waals surface area (Å²) in [6.07, 6.45) is 0.995. The van der Waals surface area contributed by atoms with Gasteiger partial charge in [0.2, 0.25) is 5.88 Å². The van der Waals surface area contributed by atoms with Crippen LogP contribution in [0.15, 0.2) is 0 Å². The van der Waals surface area contributed by atoms with Gasteiger partial charge in [0.25, 0.3) is 0 Å². The van der Waals surface area contributed by atoms with Gasteiger partial charge in [0, 0.05) is 26.7 Å². The minimum Gasteiger partial charge on any atom is -0.481 e. The van der Waals surface area contributed by atoms with E-state index in [1.54, 1.807) is 11.8 Å². The number of methoxy groups -OCH3 is 2. The van der Waals surface area contributed by atoms with Gasteiger partial charge in [0.1, 0.15) is 6.04 Å². The number of nitrogens with one attached hydrogen (secondary N) is 1. The Morgan fingerprint density at radius 3 is 2.76 bits per heavy atom. The number of ether oxygens (including phenoxy) is 2. The van der Waals surface area contributed by atoms with Crippen molar-refractivity contribution in [2.75, 3.05) is 40.4 Å². The summed E-state index contributed by atoms with van der Waals surface area (Å²) in [6, 6.07) is -0.474. The maximum absolute atomic E-state index is 12.4. The Balaban J connectivity index is 2.42. The molecule has 1 atom stereocenters. The van der Waals surface area contributed by atoms with Crippen LogP contribution in [0.3, 0.4) is 0 Å². The molecule has 1 aromatic rings. The summed E-state index contributed by atoms with van der Waals surface area (Å²) >= 11 is 0. The smallest absolute Gasteiger partial charge is 0.328 e. The van der Waals surface area contributed by atoms with Crippen molar-refractivity contribution < 1.29 is 14.3 Å². The molecule has 0 amide bonds. The molecule has 7 heteroatoms. The highest BCUT2D eigenvalue weighted by atomic mass is 16.5. The first kappa shape index (κ1) is 15.8. The van der Waals surface area contributed by atoms with E-state index in [1.807, 2.05) is 14.0 Å². The van der Waals surface area contributed by atoms with Gasteiger partial charge in [-0.2, -0.15) is 5.10 Å². The predicted octanol–water partition coefficient (Wildman–Crippen LogP) is 0.247. The van der Waals surface area contributed by atoms with Crippen molar-refractivity contribution in [3.8, 4) is 5.88 Å². The van der Waals surface area contributed by atoms with Crippen molar-refractivity contribution in [2.45, 2.75) is 19.4 Å². The Bertz CT molecular complexity index is 493. The quantitative estimate of drug-likeness (QED) is 0.803. The number of esters is 1. The van der Waals surface area contributed by atoms with Crippen molar-refractivity contribution in [2.24, 2.45) is 7.05 Å². The molecule has 0 saturated carbocycles. The van der Waals surface area contributed by atoms with Gasteiger partial charge in [0.05, 0.1) is 25.5 Å². The van der Waals surface area contributed by atoms with E-state index in [4.69, 9.17) is 9.47 Å². The number of nitrogens with zero attached hydrogens (tertiary/aromatic N) is 3. The fraction of sp³-hybridized carbons (Fsp3) is 0.714. The number of carbonyl (C=O) groups is 1. The van der Waals surface area contributed by atoms with Crippen molar-refractivity contribution in [1.82, 2.24) is 20.0 Å². The Hall–Kier alpha value is -1.60. The summed E-state index contributed by atoms with van der Waals surface area (Å²) < 4.78 is 12.1. The first-order chi connectivity index (χ1) is 10.1. The fourth-order valence-corrected chi connectivity index (χ4v) is 2.90. The van der Waals surface area contributed by atoms with Gasteiger partial charge in [-0.25, -0.2) is 9.48 Å². The van der Waals surface area contributed by atoms with Crippen LogP contribution in [0.1, 0.15) is 23.7 Å². The molecule has 0 spiro atoms. The number of carbonyl (C=O) groups excluding carboxylic acids is 1. The molecule has 1 unspecified atom stereocenters. The third-order valence-electron chi connectivity index (χ3n) is 3.85. The van der Waals surface area contributed by atoms with Crippen molar-refractivity contribution in [3.05, 3.63) is 11.3 Å². The van der Waals surface area contributed by atoms with Crippen LogP contribution in [-0.2, 0) is 16.6 Å². The SMILES string of the molecule is COC(=O)C(c1c(C)nn(C)c1OC)N1CCCNCC1. The first-order valence-corrected chi connectivity index (χ1v) is 7.20. The summed E-state index contributed by atoms with van der Waals surface area (Å²) in [5.41, 5.74) is 1.59. The van der Waals surface area contributed by atoms with Crippen LogP contribution in [0.2, 0.25) is 0 Å². The summed E-state index contributed by atoms with van der Waals surface area (Å²) in [5, 5.41) is 7.72. The number of rotatable bonds is 4. The normalized spacial score (nSPS) is 18.1. The Kier molecular flexibility index (Phi) is 5.19. The maximum Gasteiger partial charge on any atom is 0.328 e. The standard InChI is InChI=1S/C14H24N4O3/c1-10-11(13(20-3)17(2)16-10)12(14(19)21-4)18-8-5-6-15-7-9-18/h12,15H,5-9H2,1-4H3. The van der Waals surface area contributed by atoms with Crippen LogP contribution in [0, 0.1) is 6.92 Å². The van der Waals surface area contributed by atoms with Gasteiger partial charge in [-0.05, 0) is 19.9 Å². The second-order valence-electron chi connectivity index (χ2n) is 5.20. The van der Waals surface area contributed by atoms with Gasteiger partial charge >= 0.3 is 5.97 Å². The number of aryl methyl sites for hydroxylation is 2. The van der Waals surface area contributed by atoms with E-state index in [0.717, 1.165) is 43.9 Å². The van der Waals surface area contributed by atoms with Crippen LogP contribution < -0.4 is 10.1 Å². The zero-order valence-corrected chi connectivity index (χ0v) is 13.2.